The van der Waals surface area contributed by atoms with Crippen molar-refractivity contribution < 1.29 is 4.92 Å². The summed E-state index contributed by atoms with van der Waals surface area (Å²) in [5, 5.41) is 12.0. The lowest BCUT2D eigenvalue weighted by atomic mass is 10.2. The van der Waals surface area contributed by atoms with Crippen LogP contribution >= 0.6 is 0 Å². The molecular formula is C8H7N3O2. The Morgan fingerprint density at radius 2 is 2.23 bits per heavy atom. The number of fused-ring (bicyclic) bond motifs is 1. The van der Waals surface area contributed by atoms with Crippen LogP contribution in [0.15, 0.2) is 24.4 Å². The van der Waals surface area contributed by atoms with Crippen LogP contribution in [0, 0.1) is 10.1 Å². The summed E-state index contributed by atoms with van der Waals surface area (Å²) in [6, 6.07) is 4.56. The lowest BCUT2D eigenvalue weighted by Gasteiger charge is -1.91. The zero-order valence-electron chi connectivity index (χ0n) is 6.65. The number of benzene rings is 1. The first-order valence-electron chi connectivity index (χ1n) is 3.69. The minimum Gasteiger partial charge on any atom is -0.385 e. The first kappa shape index (κ1) is 7.60. The third-order valence-corrected chi connectivity index (χ3v) is 1.92. The first-order valence-corrected chi connectivity index (χ1v) is 3.69. The minimum absolute atomic E-state index is 0.0755. The summed E-state index contributed by atoms with van der Waals surface area (Å²) >= 11 is 0. The molecule has 0 saturated heterocycles. The number of rotatable bonds is 1. The van der Waals surface area contributed by atoms with Gasteiger partial charge >= 0.3 is 0 Å². The average Bonchev–Trinajstić information content (AvgIpc) is 2.47. The molecule has 0 saturated carbocycles. The second kappa shape index (κ2) is 2.48. The molecule has 13 heavy (non-hydrogen) atoms. The molecule has 0 bridgehead atoms. The van der Waals surface area contributed by atoms with Crippen molar-refractivity contribution in [2.24, 2.45) is 0 Å². The molecule has 0 unspecified atom stereocenters. The highest BCUT2D eigenvalue weighted by Crippen LogP contribution is 2.24. The van der Waals surface area contributed by atoms with E-state index in [-0.39, 0.29) is 5.69 Å². The molecule has 0 atom stereocenters. The zero-order valence-corrected chi connectivity index (χ0v) is 6.65. The van der Waals surface area contributed by atoms with E-state index in [0.717, 1.165) is 10.8 Å². The van der Waals surface area contributed by atoms with E-state index in [1.165, 1.54) is 12.1 Å². The Morgan fingerprint density at radius 1 is 1.46 bits per heavy atom. The second-order valence-corrected chi connectivity index (χ2v) is 2.73. The molecule has 0 fully saturated rings. The number of nitrogens with one attached hydrogen (secondary N) is 1. The maximum Gasteiger partial charge on any atom is 0.270 e. The second-order valence-electron chi connectivity index (χ2n) is 2.73. The summed E-state index contributed by atoms with van der Waals surface area (Å²) in [7, 11) is 0. The number of aromatic amines is 1. The lowest BCUT2D eigenvalue weighted by molar-refractivity contribution is -0.384. The van der Waals surface area contributed by atoms with Crippen molar-refractivity contribution in [1.29, 1.82) is 0 Å². The minimum atomic E-state index is -0.428. The van der Waals surface area contributed by atoms with Gasteiger partial charge in [0.1, 0.15) is 5.82 Å². The maximum absolute atomic E-state index is 10.4. The normalized spacial score (nSPS) is 10.5. The van der Waals surface area contributed by atoms with Crippen LogP contribution in [0.2, 0.25) is 0 Å². The molecule has 0 aliphatic carbocycles. The fraction of sp³-hybridized carbons (Fsp3) is 0. The van der Waals surface area contributed by atoms with E-state index in [0.29, 0.717) is 5.82 Å². The molecule has 66 valence electrons. The Kier molecular flexibility index (Phi) is 1.45. The Balaban J connectivity index is 2.70. The first-order chi connectivity index (χ1) is 6.18. The summed E-state index contributed by atoms with van der Waals surface area (Å²) in [4.78, 5) is 12.8. The van der Waals surface area contributed by atoms with Crippen LogP contribution in [0.25, 0.3) is 10.8 Å². The average molecular weight is 177 g/mol. The molecule has 0 amide bonds. The number of hydrogen-bond donors (Lipinski definition) is 2. The van der Waals surface area contributed by atoms with Gasteiger partial charge in [0.25, 0.3) is 5.69 Å². The third kappa shape index (κ3) is 1.10. The number of nitro benzene ring substituents is 1. The van der Waals surface area contributed by atoms with Crippen LogP contribution in [0.1, 0.15) is 0 Å². The summed E-state index contributed by atoms with van der Waals surface area (Å²) in [5.74, 6) is 0.532. The van der Waals surface area contributed by atoms with Gasteiger partial charge in [0.2, 0.25) is 0 Å². The quantitative estimate of drug-likeness (QED) is 0.513. The van der Waals surface area contributed by atoms with Crippen molar-refractivity contribution in [2.75, 3.05) is 5.73 Å². The fourth-order valence-corrected chi connectivity index (χ4v) is 1.26. The molecule has 0 aliphatic rings. The van der Waals surface area contributed by atoms with E-state index in [1.807, 2.05) is 0 Å². The van der Waals surface area contributed by atoms with Crippen LogP contribution in [-0.2, 0) is 0 Å². The van der Waals surface area contributed by atoms with Crippen molar-refractivity contribution in [1.82, 2.24) is 4.98 Å². The molecule has 2 rings (SSSR count). The van der Waals surface area contributed by atoms with Crippen LogP contribution in [0.5, 0.6) is 0 Å². The monoisotopic (exact) mass is 177 g/mol. The molecule has 1 aromatic heterocycles. The number of aromatic nitrogens is 1. The van der Waals surface area contributed by atoms with Crippen molar-refractivity contribution in [2.45, 2.75) is 0 Å². The molecular weight excluding hydrogens is 170 g/mol. The van der Waals surface area contributed by atoms with Gasteiger partial charge in [-0.25, -0.2) is 0 Å². The van der Waals surface area contributed by atoms with Gasteiger partial charge in [-0.1, -0.05) is 0 Å². The summed E-state index contributed by atoms with van der Waals surface area (Å²) in [6.45, 7) is 0. The SMILES string of the molecule is Nc1[nH]cc2cc([N+](=O)[O-])ccc12. The summed E-state index contributed by atoms with van der Waals surface area (Å²) in [5.41, 5.74) is 5.65. The molecule has 0 aliphatic heterocycles. The molecule has 0 radical (unpaired) electrons. The Morgan fingerprint density at radius 3 is 2.92 bits per heavy atom. The number of nitrogens with zero attached hydrogens (tertiary/aromatic N) is 1. The van der Waals surface area contributed by atoms with Gasteiger partial charge in [-0.3, -0.25) is 10.1 Å². The Bertz CT molecular complexity index is 475. The highest BCUT2D eigenvalue weighted by atomic mass is 16.6. The largest absolute Gasteiger partial charge is 0.385 e. The topological polar surface area (TPSA) is 85.0 Å². The van der Waals surface area contributed by atoms with E-state index in [9.17, 15) is 10.1 Å². The van der Waals surface area contributed by atoms with E-state index >= 15 is 0 Å². The van der Waals surface area contributed by atoms with Crippen molar-refractivity contribution >= 4 is 22.3 Å². The highest BCUT2D eigenvalue weighted by Gasteiger charge is 2.07. The number of nitrogens with two attached hydrogens (primary N) is 1. The number of H-pyrrole nitrogens is 1. The standard InChI is InChI=1S/C8H7N3O2/c9-8-7-2-1-6(11(12)13)3-5(7)4-10-8/h1-4,10H,9H2. The number of anilines is 1. The van der Waals surface area contributed by atoms with E-state index < -0.39 is 4.92 Å². The molecule has 2 aromatic rings. The molecule has 1 aromatic carbocycles. The highest BCUT2D eigenvalue weighted by molar-refractivity contribution is 5.93. The van der Waals surface area contributed by atoms with Crippen molar-refractivity contribution in [3.63, 3.8) is 0 Å². The molecule has 1 heterocycles. The van der Waals surface area contributed by atoms with Crippen LogP contribution in [-0.4, -0.2) is 9.91 Å². The van der Waals surface area contributed by atoms with E-state index in [1.54, 1.807) is 12.3 Å². The van der Waals surface area contributed by atoms with E-state index in [4.69, 9.17) is 5.73 Å². The van der Waals surface area contributed by atoms with E-state index in [2.05, 4.69) is 4.98 Å². The van der Waals surface area contributed by atoms with Crippen molar-refractivity contribution in [3.8, 4) is 0 Å². The Hall–Kier alpha value is -2.04. The maximum atomic E-state index is 10.4. The smallest absolute Gasteiger partial charge is 0.270 e. The van der Waals surface area contributed by atoms with Gasteiger partial charge in [-0.2, -0.15) is 0 Å². The van der Waals surface area contributed by atoms with Gasteiger partial charge < -0.3 is 10.7 Å². The molecule has 5 heteroatoms. The molecule has 3 N–H and O–H groups in total. The predicted octanol–water partition coefficient (Wildman–Crippen LogP) is 1.66. The van der Waals surface area contributed by atoms with Gasteiger partial charge in [0, 0.05) is 29.1 Å². The van der Waals surface area contributed by atoms with Crippen LogP contribution in [0.3, 0.4) is 0 Å². The fourth-order valence-electron chi connectivity index (χ4n) is 1.26. The number of nitrogen functional groups attached to an aromatic ring is 1. The number of non-ortho nitro benzene ring substituents is 1. The summed E-state index contributed by atoms with van der Waals surface area (Å²) in [6.07, 6.45) is 1.65. The number of hydrogen-bond acceptors (Lipinski definition) is 3. The van der Waals surface area contributed by atoms with Gasteiger partial charge in [-0.15, -0.1) is 0 Å². The predicted molar refractivity (Wildman–Crippen MR) is 49.4 cm³/mol. The van der Waals surface area contributed by atoms with Crippen molar-refractivity contribution in [3.05, 3.63) is 34.5 Å². The third-order valence-electron chi connectivity index (χ3n) is 1.92. The lowest BCUT2D eigenvalue weighted by Crippen LogP contribution is -1.87. The van der Waals surface area contributed by atoms with Gasteiger partial charge in [0.05, 0.1) is 4.92 Å². The number of nitro groups is 1. The Labute approximate surface area is 73.3 Å². The van der Waals surface area contributed by atoms with Crippen LogP contribution < -0.4 is 5.73 Å². The molecule has 0 spiro atoms. The van der Waals surface area contributed by atoms with Gasteiger partial charge in [0.15, 0.2) is 0 Å². The van der Waals surface area contributed by atoms with Crippen LogP contribution in [0.4, 0.5) is 11.5 Å². The zero-order chi connectivity index (χ0) is 9.42. The van der Waals surface area contributed by atoms with Gasteiger partial charge in [-0.05, 0) is 6.07 Å². The summed E-state index contributed by atoms with van der Waals surface area (Å²) < 4.78 is 0. The molecule has 5 nitrogen and oxygen atoms in total.